The minimum absolute atomic E-state index is 0.00525. The molecular formula is C19H21NO5S. The minimum atomic E-state index is -3.61. The lowest BCUT2D eigenvalue weighted by atomic mass is 10.2. The third kappa shape index (κ3) is 4.62. The fourth-order valence-corrected chi connectivity index (χ4v) is 3.78. The van der Waals surface area contributed by atoms with Gasteiger partial charge in [0.1, 0.15) is 12.4 Å². The van der Waals surface area contributed by atoms with Gasteiger partial charge in [0.15, 0.2) is 0 Å². The number of carbonyl (C=O) groups is 1. The van der Waals surface area contributed by atoms with E-state index in [4.69, 9.17) is 9.47 Å². The summed E-state index contributed by atoms with van der Waals surface area (Å²) in [5.74, 6) is 0.0764. The normalized spacial score (nSPS) is 14.0. The van der Waals surface area contributed by atoms with E-state index in [0.29, 0.717) is 12.4 Å². The van der Waals surface area contributed by atoms with Crippen LogP contribution in [0, 0.1) is 0 Å². The summed E-state index contributed by atoms with van der Waals surface area (Å²) in [5, 5.41) is 0. The Hall–Kier alpha value is -2.38. The molecule has 0 aliphatic heterocycles. The Morgan fingerprint density at radius 1 is 1.15 bits per heavy atom. The lowest BCUT2D eigenvalue weighted by molar-refractivity contribution is 0.0469. The van der Waals surface area contributed by atoms with Crippen molar-refractivity contribution in [1.29, 1.82) is 0 Å². The Morgan fingerprint density at radius 3 is 2.65 bits per heavy atom. The third-order valence-corrected chi connectivity index (χ3v) is 5.43. The Bertz CT molecular complexity index is 890. The van der Waals surface area contributed by atoms with Gasteiger partial charge in [0.25, 0.3) is 0 Å². The second kappa shape index (κ2) is 7.88. The van der Waals surface area contributed by atoms with E-state index >= 15 is 0 Å². The number of carbonyl (C=O) groups excluding carboxylic acids is 1. The zero-order chi connectivity index (χ0) is 18.6. The summed E-state index contributed by atoms with van der Waals surface area (Å²) in [5.41, 5.74) is 0.944. The van der Waals surface area contributed by atoms with Crippen molar-refractivity contribution in [3.8, 4) is 5.75 Å². The SMILES string of the molecule is CCOc1ccccc1COC(=O)c1cccc(S(=O)(=O)NC2CC2)c1. The molecule has 0 amide bonds. The Balaban J connectivity index is 1.69. The standard InChI is InChI=1S/C19H21NO5S/c1-2-24-18-9-4-3-6-15(18)13-25-19(21)14-7-5-8-17(12-14)26(22,23)20-16-10-11-16/h3-9,12,16,20H,2,10-11,13H2,1H3. The third-order valence-electron chi connectivity index (χ3n) is 3.91. The van der Waals surface area contributed by atoms with Crippen LogP contribution in [-0.2, 0) is 21.4 Å². The van der Waals surface area contributed by atoms with E-state index in [0.717, 1.165) is 18.4 Å². The van der Waals surface area contributed by atoms with E-state index in [1.165, 1.54) is 24.3 Å². The summed E-state index contributed by atoms with van der Waals surface area (Å²) in [6.45, 7) is 2.44. The van der Waals surface area contributed by atoms with Gasteiger partial charge >= 0.3 is 5.97 Å². The van der Waals surface area contributed by atoms with Crippen molar-refractivity contribution in [2.24, 2.45) is 0 Å². The topological polar surface area (TPSA) is 81.7 Å². The summed E-state index contributed by atoms with van der Waals surface area (Å²) >= 11 is 0. The van der Waals surface area contributed by atoms with Crippen molar-refractivity contribution >= 4 is 16.0 Å². The second-order valence-corrected chi connectivity index (χ2v) is 7.75. The number of rotatable bonds is 8. The van der Waals surface area contributed by atoms with Crippen molar-refractivity contribution in [2.45, 2.75) is 37.3 Å². The maximum atomic E-state index is 12.3. The Kier molecular flexibility index (Phi) is 5.58. The predicted octanol–water partition coefficient (Wildman–Crippen LogP) is 2.88. The highest BCUT2D eigenvalue weighted by atomic mass is 32.2. The molecule has 1 N–H and O–H groups in total. The van der Waals surface area contributed by atoms with Gasteiger partial charge in [-0.15, -0.1) is 0 Å². The van der Waals surface area contributed by atoms with Gasteiger partial charge in [0.2, 0.25) is 10.0 Å². The van der Waals surface area contributed by atoms with Crippen LogP contribution in [0.4, 0.5) is 0 Å². The molecule has 6 nitrogen and oxygen atoms in total. The van der Waals surface area contributed by atoms with Gasteiger partial charge in [-0.3, -0.25) is 0 Å². The first-order valence-electron chi connectivity index (χ1n) is 8.50. The molecule has 1 aliphatic rings. The van der Waals surface area contributed by atoms with E-state index in [1.54, 1.807) is 0 Å². The lowest BCUT2D eigenvalue weighted by Gasteiger charge is -2.11. The molecule has 0 bridgehead atoms. The molecule has 0 unspecified atom stereocenters. The zero-order valence-electron chi connectivity index (χ0n) is 14.5. The van der Waals surface area contributed by atoms with Crippen LogP contribution in [0.2, 0.25) is 0 Å². The first kappa shape index (κ1) is 18.4. The molecule has 2 aromatic rings. The van der Waals surface area contributed by atoms with Crippen LogP contribution >= 0.6 is 0 Å². The van der Waals surface area contributed by atoms with Gasteiger partial charge in [-0.05, 0) is 44.0 Å². The van der Waals surface area contributed by atoms with Crippen molar-refractivity contribution < 1.29 is 22.7 Å². The molecule has 138 valence electrons. The monoisotopic (exact) mass is 375 g/mol. The van der Waals surface area contributed by atoms with E-state index < -0.39 is 16.0 Å². The number of hydrogen-bond acceptors (Lipinski definition) is 5. The fourth-order valence-electron chi connectivity index (χ4n) is 2.42. The van der Waals surface area contributed by atoms with Gasteiger partial charge in [0, 0.05) is 11.6 Å². The molecule has 0 atom stereocenters. The molecule has 7 heteroatoms. The summed E-state index contributed by atoms with van der Waals surface area (Å²) < 4.78 is 38.0. The molecule has 1 fully saturated rings. The molecule has 2 aromatic carbocycles. The highest BCUT2D eigenvalue weighted by Gasteiger charge is 2.28. The molecule has 1 aliphatic carbocycles. The van der Waals surface area contributed by atoms with Crippen LogP contribution in [0.5, 0.6) is 5.75 Å². The first-order valence-corrected chi connectivity index (χ1v) is 9.98. The minimum Gasteiger partial charge on any atom is -0.493 e. The quantitative estimate of drug-likeness (QED) is 0.718. The molecule has 0 spiro atoms. The first-order chi connectivity index (χ1) is 12.5. The molecule has 0 aromatic heterocycles. The molecule has 3 rings (SSSR count). The van der Waals surface area contributed by atoms with Crippen LogP contribution < -0.4 is 9.46 Å². The van der Waals surface area contributed by atoms with Crippen LogP contribution in [-0.4, -0.2) is 27.0 Å². The molecule has 0 radical (unpaired) electrons. The van der Waals surface area contributed by atoms with Gasteiger partial charge < -0.3 is 9.47 Å². The van der Waals surface area contributed by atoms with Gasteiger partial charge in [-0.1, -0.05) is 24.3 Å². The summed E-state index contributed by atoms with van der Waals surface area (Å²) in [7, 11) is -3.61. The number of sulfonamides is 1. The van der Waals surface area contributed by atoms with Crippen molar-refractivity contribution in [1.82, 2.24) is 4.72 Å². The van der Waals surface area contributed by atoms with Crippen LogP contribution in [0.3, 0.4) is 0 Å². The second-order valence-electron chi connectivity index (χ2n) is 6.04. The molecule has 26 heavy (non-hydrogen) atoms. The van der Waals surface area contributed by atoms with Crippen LogP contribution in [0.15, 0.2) is 53.4 Å². The number of ether oxygens (including phenoxy) is 2. The largest absolute Gasteiger partial charge is 0.493 e. The maximum Gasteiger partial charge on any atom is 0.338 e. The van der Waals surface area contributed by atoms with Crippen molar-refractivity contribution in [3.05, 3.63) is 59.7 Å². The number of esters is 1. The smallest absolute Gasteiger partial charge is 0.338 e. The number of benzene rings is 2. The van der Waals surface area contributed by atoms with Crippen molar-refractivity contribution in [2.75, 3.05) is 6.61 Å². The van der Waals surface area contributed by atoms with E-state index in [-0.39, 0.29) is 23.1 Å². The molecular weight excluding hydrogens is 354 g/mol. The van der Waals surface area contributed by atoms with Gasteiger partial charge in [0.05, 0.1) is 17.1 Å². The average molecular weight is 375 g/mol. The van der Waals surface area contributed by atoms with Crippen LogP contribution in [0.25, 0.3) is 0 Å². The molecule has 0 heterocycles. The summed E-state index contributed by atoms with van der Waals surface area (Å²) in [6.07, 6.45) is 1.69. The number of hydrogen-bond donors (Lipinski definition) is 1. The highest BCUT2D eigenvalue weighted by Crippen LogP contribution is 2.23. The Labute approximate surface area is 153 Å². The molecule has 0 saturated heterocycles. The van der Waals surface area contributed by atoms with E-state index in [1.807, 2.05) is 31.2 Å². The Morgan fingerprint density at radius 2 is 1.92 bits per heavy atom. The fraction of sp³-hybridized carbons (Fsp3) is 0.316. The predicted molar refractivity (Wildman–Crippen MR) is 96.5 cm³/mol. The van der Waals surface area contributed by atoms with Crippen molar-refractivity contribution in [3.63, 3.8) is 0 Å². The summed E-state index contributed by atoms with van der Waals surface area (Å²) in [6, 6.07) is 13.2. The van der Waals surface area contributed by atoms with E-state index in [2.05, 4.69) is 4.72 Å². The lowest BCUT2D eigenvalue weighted by Crippen LogP contribution is -2.25. The van der Waals surface area contributed by atoms with E-state index in [9.17, 15) is 13.2 Å². The number of para-hydroxylation sites is 1. The number of nitrogens with one attached hydrogen (secondary N) is 1. The molecule has 1 saturated carbocycles. The van der Waals surface area contributed by atoms with Gasteiger partial charge in [-0.25, -0.2) is 17.9 Å². The van der Waals surface area contributed by atoms with Crippen LogP contribution in [0.1, 0.15) is 35.7 Å². The maximum absolute atomic E-state index is 12.3. The summed E-state index contributed by atoms with van der Waals surface area (Å²) in [4.78, 5) is 12.4. The zero-order valence-corrected chi connectivity index (χ0v) is 15.3. The highest BCUT2D eigenvalue weighted by molar-refractivity contribution is 7.89. The average Bonchev–Trinajstić information content (AvgIpc) is 3.44. The van der Waals surface area contributed by atoms with Gasteiger partial charge in [-0.2, -0.15) is 0 Å².